The van der Waals surface area contributed by atoms with Crippen LogP contribution in [-0.4, -0.2) is 57.7 Å². The van der Waals surface area contributed by atoms with Crippen molar-refractivity contribution in [2.75, 3.05) is 6.61 Å². The topological polar surface area (TPSA) is 163 Å². The molecule has 0 aromatic carbocycles. The first-order chi connectivity index (χ1) is 7.26. The van der Waals surface area contributed by atoms with E-state index in [-0.39, 0.29) is 59.1 Å². The van der Waals surface area contributed by atoms with Crippen LogP contribution < -0.4 is 68.9 Å². The second-order valence-corrected chi connectivity index (χ2v) is 4.36. The van der Waals surface area contributed by atoms with Crippen molar-refractivity contribution in [1.29, 1.82) is 0 Å². The van der Waals surface area contributed by atoms with Crippen LogP contribution in [0.15, 0.2) is 0 Å². The molecule has 12 heteroatoms. The number of phosphoric ester groups is 1. The smallest absolute Gasteiger partial charge is 0.790 e. The van der Waals surface area contributed by atoms with Crippen molar-refractivity contribution in [2.45, 2.75) is 30.7 Å². The Morgan fingerprint density at radius 3 is 2.00 bits per heavy atom. The number of hydrogen-bond donors (Lipinski definition) is 4. The van der Waals surface area contributed by atoms with Crippen molar-refractivity contribution in [2.24, 2.45) is 0 Å². The monoisotopic (exact) mass is 304 g/mol. The predicted molar refractivity (Wildman–Crippen MR) is 42.5 cm³/mol. The Morgan fingerprint density at radius 1 is 1.11 bits per heavy atom. The van der Waals surface area contributed by atoms with Gasteiger partial charge < -0.3 is 44.0 Å². The Labute approximate surface area is 147 Å². The quantitative estimate of drug-likeness (QED) is 0.293. The summed E-state index contributed by atoms with van der Waals surface area (Å²) in [7, 11) is -5.41. The molecule has 18 heavy (non-hydrogen) atoms. The summed E-state index contributed by atoms with van der Waals surface area (Å²) < 4.78 is 18.7. The normalized spacial score (nSPS) is 36.4. The molecule has 0 radical (unpaired) electrons. The van der Waals surface area contributed by atoms with E-state index in [0.29, 0.717) is 0 Å². The van der Waals surface area contributed by atoms with Crippen LogP contribution in [0.1, 0.15) is 0 Å². The molecule has 5 atom stereocenters. The van der Waals surface area contributed by atoms with E-state index in [2.05, 4.69) is 9.26 Å². The van der Waals surface area contributed by atoms with Crippen molar-refractivity contribution in [3.8, 4) is 0 Å². The molecule has 0 aromatic heterocycles. The van der Waals surface area contributed by atoms with Crippen LogP contribution >= 0.6 is 7.82 Å². The van der Waals surface area contributed by atoms with Crippen molar-refractivity contribution < 1.29 is 103 Å². The fraction of sp³-hybridized carbons (Fsp3) is 1.00. The zero-order chi connectivity index (χ0) is 12.5. The predicted octanol–water partition coefficient (Wildman–Crippen LogP) is -10.4. The van der Waals surface area contributed by atoms with Gasteiger partial charge in [0.05, 0.1) is 14.4 Å². The summed E-state index contributed by atoms with van der Waals surface area (Å²) in [5.74, 6) is 0. The molecular formula is C6H11Na2O9P. The maximum Gasteiger partial charge on any atom is 1.00 e. The SMILES string of the molecule is O=P([O-])([O-])O[C@@H]1O[C@H](CO)[C@@H](O)[C@H](O)[C@H]1O.[Na+].[Na+]. The van der Waals surface area contributed by atoms with Gasteiger partial charge in [-0.15, -0.1) is 0 Å². The molecule has 0 spiro atoms. The van der Waals surface area contributed by atoms with Crippen LogP contribution in [0.25, 0.3) is 0 Å². The molecule has 0 saturated carbocycles. The van der Waals surface area contributed by atoms with E-state index in [1.54, 1.807) is 0 Å². The van der Waals surface area contributed by atoms with E-state index >= 15 is 0 Å². The Balaban J connectivity index is 0. The first kappa shape index (κ1) is 22.2. The first-order valence-electron chi connectivity index (χ1n) is 4.27. The summed E-state index contributed by atoms with van der Waals surface area (Å²) in [5, 5.41) is 36.5. The number of hydrogen-bond acceptors (Lipinski definition) is 9. The third-order valence-corrected chi connectivity index (χ3v) is 2.55. The van der Waals surface area contributed by atoms with E-state index in [9.17, 15) is 29.7 Å². The summed E-state index contributed by atoms with van der Waals surface area (Å²) in [6, 6.07) is 0. The van der Waals surface area contributed by atoms with E-state index in [1.165, 1.54) is 0 Å². The average Bonchev–Trinajstić information content (AvgIpc) is 2.17. The van der Waals surface area contributed by atoms with Gasteiger partial charge >= 0.3 is 59.1 Å². The van der Waals surface area contributed by atoms with Gasteiger partial charge in [0.1, 0.15) is 24.4 Å². The second kappa shape index (κ2) is 9.04. The third kappa shape index (κ3) is 6.13. The Hall–Kier alpha value is 1.91. The molecule has 1 rings (SSSR count). The molecule has 1 aliphatic heterocycles. The Morgan fingerprint density at radius 2 is 1.61 bits per heavy atom. The molecule has 0 aromatic rings. The minimum absolute atomic E-state index is 0. The van der Waals surface area contributed by atoms with Gasteiger partial charge in [-0.05, 0) is 0 Å². The van der Waals surface area contributed by atoms with Crippen LogP contribution in [-0.2, 0) is 13.8 Å². The number of phosphoric acid groups is 1. The molecule has 1 fully saturated rings. The summed E-state index contributed by atoms with van der Waals surface area (Å²) in [6.45, 7) is -0.743. The van der Waals surface area contributed by atoms with Gasteiger partial charge in [-0.1, -0.05) is 0 Å². The van der Waals surface area contributed by atoms with Crippen molar-refractivity contribution in [1.82, 2.24) is 0 Å². The van der Waals surface area contributed by atoms with Crippen LogP contribution in [0.4, 0.5) is 0 Å². The van der Waals surface area contributed by atoms with Crippen LogP contribution in [0.2, 0.25) is 0 Å². The molecular weight excluding hydrogens is 293 g/mol. The van der Waals surface area contributed by atoms with Crippen LogP contribution in [0.3, 0.4) is 0 Å². The van der Waals surface area contributed by atoms with E-state index in [1.807, 2.05) is 0 Å². The molecule has 9 nitrogen and oxygen atoms in total. The maximum atomic E-state index is 10.3. The zero-order valence-corrected chi connectivity index (χ0v) is 14.8. The molecule has 1 heterocycles. The maximum absolute atomic E-state index is 10.3. The first-order valence-corrected chi connectivity index (χ1v) is 5.73. The van der Waals surface area contributed by atoms with Gasteiger partial charge in [-0.2, -0.15) is 0 Å². The van der Waals surface area contributed by atoms with E-state index in [0.717, 1.165) is 0 Å². The molecule has 0 aliphatic carbocycles. The second-order valence-electron chi connectivity index (χ2n) is 3.25. The fourth-order valence-corrected chi connectivity index (χ4v) is 1.71. The molecule has 1 saturated heterocycles. The van der Waals surface area contributed by atoms with E-state index < -0.39 is 45.1 Å². The van der Waals surface area contributed by atoms with Crippen molar-refractivity contribution in [3.63, 3.8) is 0 Å². The van der Waals surface area contributed by atoms with Gasteiger partial charge in [0.2, 0.25) is 0 Å². The number of aliphatic hydroxyl groups excluding tert-OH is 4. The molecule has 0 amide bonds. The van der Waals surface area contributed by atoms with Crippen LogP contribution in [0.5, 0.6) is 0 Å². The molecule has 4 N–H and O–H groups in total. The average molecular weight is 304 g/mol. The standard InChI is InChI=1S/C6H13O9P.2Na/c7-1-2-3(8)4(9)5(10)6(14-2)15-16(11,12)13;;/h2-10H,1H2,(H2,11,12,13);;/q;2*+1/p-2/t2-,3-,4+,5-,6+;;/m1../s1. The summed E-state index contributed by atoms with van der Waals surface area (Å²) in [5.41, 5.74) is 0. The molecule has 0 unspecified atom stereocenters. The Bertz CT molecular complexity index is 284. The van der Waals surface area contributed by atoms with Gasteiger partial charge in [0, 0.05) is 0 Å². The fourth-order valence-electron chi connectivity index (χ4n) is 1.28. The largest absolute Gasteiger partial charge is 1.00 e. The molecule has 96 valence electrons. The Kier molecular flexibility index (Phi) is 11.1. The number of rotatable bonds is 3. The summed E-state index contributed by atoms with van der Waals surface area (Å²) >= 11 is 0. The minimum Gasteiger partial charge on any atom is -0.790 e. The zero-order valence-electron chi connectivity index (χ0n) is 9.87. The molecule has 0 bridgehead atoms. The summed E-state index contributed by atoms with van der Waals surface area (Å²) in [4.78, 5) is 20.6. The van der Waals surface area contributed by atoms with Gasteiger partial charge in [0.15, 0.2) is 6.29 Å². The van der Waals surface area contributed by atoms with Crippen LogP contribution in [0, 0.1) is 0 Å². The number of aliphatic hydroxyl groups is 4. The van der Waals surface area contributed by atoms with Gasteiger partial charge in [0.25, 0.3) is 0 Å². The number of ether oxygens (including phenoxy) is 1. The summed E-state index contributed by atoms with van der Waals surface area (Å²) in [6.07, 6.45) is -8.61. The van der Waals surface area contributed by atoms with Crippen molar-refractivity contribution >= 4 is 7.82 Å². The third-order valence-electron chi connectivity index (χ3n) is 2.08. The van der Waals surface area contributed by atoms with E-state index in [4.69, 9.17) is 5.11 Å². The van der Waals surface area contributed by atoms with Gasteiger partial charge in [-0.25, -0.2) is 0 Å². The van der Waals surface area contributed by atoms with Gasteiger partial charge in [-0.3, -0.25) is 0 Å². The van der Waals surface area contributed by atoms with Crippen molar-refractivity contribution in [3.05, 3.63) is 0 Å². The minimum atomic E-state index is -5.41. The molecule has 1 aliphatic rings.